The standard InChI is InChI=1S/C30H21Cl2N3O2S/c31-19-9-14-23(24(32)18-19)26-15-16-27(37-26)29-28(25-8-4-5-17-33-25)34-30(38)35(29)20-10-12-22(13-11-20)36-21-6-2-1-3-7-21/h1-18,28-29H,(H,34,38). The van der Waals surface area contributed by atoms with Gasteiger partial charge in [0.2, 0.25) is 0 Å². The van der Waals surface area contributed by atoms with E-state index in [0.29, 0.717) is 20.9 Å². The minimum atomic E-state index is -0.293. The molecule has 0 saturated carbocycles. The Hall–Kier alpha value is -3.84. The van der Waals surface area contributed by atoms with Gasteiger partial charge in [0.05, 0.1) is 16.8 Å². The summed E-state index contributed by atoms with van der Waals surface area (Å²) in [6.07, 6.45) is 1.77. The van der Waals surface area contributed by atoms with E-state index in [4.69, 9.17) is 44.6 Å². The second-order valence-electron chi connectivity index (χ2n) is 8.73. The van der Waals surface area contributed by atoms with Crippen LogP contribution in [0.25, 0.3) is 11.3 Å². The van der Waals surface area contributed by atoms with Crippen molar-refractivity contribution >= 4 is 46.2 Å². The lowest BCUT2D eigenvalue weighted by Gasteiger charge is -2.26. The molecule has 8 heteroatoms. The molecule has 0 aliphatic carbocycles. The predicted octanol–water partition coefficient (Wildman–Crippen LogP) is 8.62. The van der Waals surface area contributed by atoms with E-state index < -0.39 is 0 Å². The molecule has 1 saturated heterocycles. The number of rotatable bonds is 6. The van der Waals surface area contributed by atoms with Crippen LogP contribution >= 0.6 is 35.4 Å². The number of thiocarbonyl (C=S) groups is 1. The first-order chi connectivity index (χ1) is 18.6. The summed E-state index contributed by atoms with van der Waals surface area (Å²) in [5, 5.41) is 5.11. The van der Waals surface area contributed by atoms with Crippen molar-refractivity contribution in [2.75, 3.05) is 4.90 Å². The van der Waals surface area contributed by atoms with Gasteiger partial charge in [-0.2, -0.15) is 0 Å². The van der Waals surface area contributed by atoms with Gasteiger partial charge < -0.3 is 19.4 Å². The smallest absolute Gasteiger partial charge is 0.174 e. The molecule has 0 amide bonds. The molecule has 38 heavy (non-hydrogen) atoms. The van der Waals surface area contributed by atoms with Crippen molar-refractivity contribution in [2.24, 2.45) is 0 Å². The molecule has 1 aliphatic rings. The zero-order valence-corrected chi connectivity index (χ0v) is 22.3. The van der Waals surface area contributed by atoms with Gasteiger partial charge >= 0.3 is 0 Å². The Bertz CT molecular complexity index is 1580. The van der Waals surface area contributed by atoms with Crippen molar-refractivity contribution in [1.82, 2.24) is 10.3 Å². The van der Waals surface area contributed by atoms with Crippen molar-refractivity contribution in [2.45, 2.75) is 12.1 Å². The first kappa shape index (κ1) is 24.5. The Labute approximate surface area is 235 Å². The number of benzene rings is 3. The van der Waals surface area contributed by atoms with Gasteiger partial charge in [0.15, 0.2) is 5.11 Å². The van der Waals surface area contributed by atoms with Crippen LogP contribution in [0.1, 0.15) is 23.5 Å². The van der Waals surface area contributed by atoms with Crippen molar-refractivity contribution in [3.05, 3.63) is 131 Å². The number of nitrogens with zero attached hydrogens (tertiary/aromatic N) is 2. The van der Waals surface area contributed by atoms with Gasteiger partial charge in [-0.1, -0.05) is 47.5 Å². The number of nitrogens with one attached hydrogen (secondary N) is 1. The van der Waals surface area contributed by atoms with Gasteiger partial charge in [0.25, 0.3) is 0 Å². The number of pyridine rings is 1. The maximum atomic E-state index is 6.47. The molecule has 3 aromatic carbocycles. The molecule has 6 rings (SSSR count). The van der Waals surface area contributed by atoms with E-state index >= 15 is 0 Å². The molecule has 2 aromatic heterocycles. The normalized spacial score (nSPS) is 16.9. The topological polar surface area (TPSA) is 50.5 Å². The van der Waals surface area contributed by atoms with Crippen LogP contribution in [0.5, 0.6) is 11.5 Å². The van der Waals surface area contributed by atoms with E-state index in [1.807, 2.05) is 95.9 Å². The molecule has 0 radical (unpaired) electrons. The average molecular weight is 558 g/mol. The average Bonchev–Trinajstić information content (AvgIpc) is 3.55. The summed E-state index contributed by atoms with van der Waals surface area (Å²) >= 11 is 18.4. The summed E-state index contributed by atoms with van der Waals surface area (Å²) in [5.74, 6) is 2.87. The van der Waals surface area contributed by atoms with Crippen molar-refractivity contribution in [3.8, 4) is 22.8 Å². The van der Waals surface area contributed by atoms with Crippen molar-refractivity contribution in [1.29, 1.82) is 0 Å². The van der Waals surface area contributed by atoms with E-state index in [9.17, 15) is 0 Å². The maximum absolute atomic E-state index is 6.47. The predicted molar refractivity (Wildman–Crippen MR) is 155 cm³/mol. The Balaban J connectivity index is 1.37. The summed E-state index contributed by atoms with van der Waals surface area (Å²) in [5.41, 5.74) is 2.52. The lowest BCUT2D eigenvalue weighted by atomic mass is 10.0. The molecule has 1 N–H and O–H groups in total. The van der Waals surface area contributed by atoms with E-state index in [1.54, 1.807) is 18.3 Å². The summed E-state index contributed by atoms with van der Waals surface area (Å²) < 4.78 is 12.4. The van der Waals surface area contributed by atoms with Crippen molar-refractivity contribution in [3.63, 3.8) is 0 Å². The molecular weight excluding hydrogens is 537 g/mol. The van der Waals surface area contributed by atoms with E-state index in [1.165, 1.54) is 0 Å². The van der Waals surface area contributed by atoms with E-state index in [0.717, 1.165) is 34.2 Å². The molecule has 2 unspecified atom stereocenters. The molecule has 5 aromatic rings. The number of hydrogen-bond donors (Lipinski definition) is 1. The Morgan fingerprint density at radius 2 is 1.61 bits per heavy atom. The van der Waals surface area contributed by atoms with Crippen LogP contribution in [0, 0.1) is 0 Å². The van der Waals surface area contributed by atoms with Crippen LogP contribution in [-0.4, -0.2) is 10.1 Å². The number of halogens is 2. The fourth-order valence-corrected chi connectivity index (χ4v) is 5.41. The first-order valence-electron chi connectivity index (χ1n) is 12.0. The largest absolute Gasteiger partial charge is 0.459 e. The molecule has 1 fully saturated rings. The van der Waals surface area contributed by atoms with Gasteiger partial charge in [0.1, 0.15) is 29.1 Å². The molecule has 3 heterocycles. The Morgan fingerprint density at radius 1 is 0.842 bits per heavy atom. The molecule has 188 valence electrons. The monoisotopic (exact) mass is 557 g/mol. The molecule has 0 spiro atoms. The van der Waals surface area contributed by atoms with Crippen molar-refractivity contribution < 1.29 is 9.15 Å². The molecule has 2 atom stereocenters. The second-order valence-corrected chi connectivity index (χ2v) is 9.96. The number of hydrogen-bond acceptors (Lipinski definition) is 4. The number of ether oxygens (including phenoxy) is 1. The van der Waals surface area contributed by atoms with Gasteiger partial charge in [0, 0.05) is 22.5 Å². The van der Waals surface area contributed by atoms with Crippen LogP contribution in [0.3, 0.4) is 0 Å². The second kappa shape index (κ2) is 10.5. The summed E-state index contributed by atoms with van der Waals surface area (Å²) in [6.45, 7) is 0. The fraction of sp³-hybridized carbons (Fsp3) is 0.0667. The van der Waals surface area contributed by atoms with Crippen LogP contribution in [0.2, 0.25) is 10.0 Å². The van der Waals surface area contributed by atoms with E-state index in [-0.39, 0.29) is 12.1 Å². The molecule has 0 bridgehead atoms. The van der Waals surface area contributed by atoms with E-state index in [2.05, 4.69) is 10.3 Å². The van der Waals surface area contributed by atoms with Gasteiger partial charge in [-0.05, 0) is 91.1 Å². The zero-order chi connectivity index (χ0) is 26.1. The summed E-state index contributed by atoms with van der Waals surface area (Å²) in [6, 6.07) is 32.0. The highest BCUT2D eigenvalue weighted by atomic mass is 35.5. The SMILES string of the molecule is S=C1NC(c2ccccn2)C(c2ccc(-c3ccc(Cl)cc3Cl)o2)N1c1ccc(Oc2ccccc2)cc1. The highest BCUT2D eigenvalue weighted by Crippen LogP contribution is 2.44. The Morgan fingerprint density at radius 3 is 2.34 bits per heavy atom. The highest BCUT2D eigenvalue weighted by molar-refractivity contribution is 7.80. The number of aromatic nitrogens is 1. The van der Waals surface area contributed by atoms with Crippen LogP contribution in [-0.2, 0) is 0 Å². The minimum Gasteiger partial charge on any atom is -0.459 e. The van der Waals surface area contributed by atoms with Gasteiger partial charge in [-0.25, -0.2) is 0 Å². The highest BCUT2D eigenvalue weighted by Gasteiger charge is 2.42. The minimum absolute atomic E-state index is 0.233. The number of furan rings is 1. The quantitative estimate of drug-likeness (QED) is 0.211. The molecular formula is C30H21Cl2N3O2S. The Kier molecular flexibility index (Phi) is 6.77. The summed E-state index contributed by atoms with van der Waals surface area (Å²) in [7, 11) is 0. The third kappa shape index (κ3) is 4.86. The third-order valence-corrected chi connectivity index (χ3v) is 7.17. The lowest BCUT2D eigenvalue weighted by Crippen LogP contribution is -2.29. The van der Waals surface area contributed by atoms with Crippen LogP contribution in [0.15, 0.2) is 114 Å². The maximum Gasteiger partial charge on any atom is 0.174 e. The number of para-hydroxylation sites is 1. The number of anilines is 1. The fourth-order valence-electron chi connectivity index (χ4n) is 4.57. The van der Waals surface area contributed by atoms with Crippen LogP contribution < -0.4 is 15.0 Å². The molecule has 5 nitrogen and oxygen atoms in total. The molecule has 1 aliphatic heterocycles. The lowest BCUT2D eigenvalue weighted by molar-refractivity contribution is 0.439. The van der Waals surface area contributed by atoms with Crippen LogP contribution in [0.4, 0.5) is 5.69 Å². The van der Waals surface area contributed by atoms with Gasteiger partial charge in [-0.15, -0.1) is 0 Å². The van der Waals surface area contributed by atoms with Gasteiger partial charge in [-0.3, -0.25) is 4.98 Å². The third-order valence-electron chi connectivity index (χ3n) is 6.31. The zero-order valence-electron chi connectivity index (χ0n) is 19.9. The first-order valence-corrected chi connectivity index (χ1v) is 13.1. The summed E-state index contributed by atoms with van der Waals surface area (Å²) in [4.78, 5) is 6.65.